The minimum Gasteiger partial charge on any atom is -0.379 e. The van der Waals surface area contributed by atoms with Crippen LogP contribution in [0.1, 0.15) is 24.8 Å². The van der Waals surface area contributed by atoms with Gasteiger partial charge in [0.05, 0.1) is 13.2 Å². The lowest BCUT2D eigenvalue weighted by atomic mass is 10.1. The molecule has 2 unspecified atom stereocenters. The molecular formula is C24H37N5O3. The second kappa shape index (κ2) is 11.2. The molecule has 2 atom stereocenters. The number of morpholine rings is 1. The molecule has 0 radical (unpaired) electrons. The van der Waals surface area contributed by atoms with Crippen molar-refractivity contribution in [2.75, 3.05) is 59.0 Å². The van der Waals surface area contributed by atoms with Crippen molar-refractivity contribution in [3.63, 3.8) is 0 Å². The number of hydrogen-bond acceptors (Lipinski definition) is 6. The van der Waals surface area contributed by atoms with E-state index < -0.39 is 6.04 Å². The minimum absolute atomic E-state index is 0.0696. The Kier molecular flexibility index (Phi) is 8.13. The molecule has 32 heavy (non-hydrogen) atoms. The molecule has 1 saturated carbocycles. The number of nitrogens with two attached hydrogens (primary N) is 1. The molecule has 1 aromatic rings. The third-order valence-electron chi connectivity index (χ3n) is 6.79. The lowest BCUT2D eigenvalue weighted by Gasteiger charge is -2.33. The number of rotatable bonds is 10. The fourth-order valence-electron chi connectivity index (χ4n) is 4.75. The van der Waals surface area contributed by atoms with E-state index in [0.29, 0.717) is 26.1 Å². The molecule has 3 N–H and O–H groups in total. The molecule has 0 aromatic heterocycles. The maximum absolute atomic E-state index is 13.0. The van der Waals surface area contributed by atoms with Crippen molar-refractivity contribution in [1.29, 1.82) is 0 Å². The van der Waals surface area contributed by atoms with Crippen molar-refractivity contribution in [3.05, 3.63) is 35.9 Å². The van der Waals surface area contributed by atoms with E-state index in [-0.39, 0.29) is 23.8 Å². The highest BCUT2D eigenvalue weighted by atomic mass is 16.5. The zero-order valence-corrected chi connectivity index (χ0v) is 19.0. The number of likely N-dealkylation sites (tertiary alicyclic amines) is 1. The number of carbonyl (C=O) groups excluding carboxylic acids is 2. The van der Waals surface area contributed by atoms with Crippen LogP contribution in [0.2, 0.25) is 0 Å². The molecule has 4 rings (SSSR count). The molecule has 0 bridgehead atoms. The van der Waals surface area contributed by atoms with Crippen molar-refractivity contribution in [2.45, 2.75) is 37.9 Å². The van der Waals surface area contributed by atoms with Crippen LogP contribution in [-0.2, 0) is 20.9 Å². The standard InChI is InChI=1S/C24H37N5O3/c25-8-9-26-23(30)22-16-21(18-29(22)24(31)20-6-7-20)28(17-19-4-2-1-3-5-19)11-10-27-12-14-32-15-13-27/h1-5,20-22H,6-18,25H2,(H,26,30). The molecule has 3 aliphatic rings. The maximum Gasteiger partial charge on any atom is 0.242 e. The lowest BCUT2D eigenvalue weighted by Crippen LogP contribution is -2.47. The molecule has 2 heterocycles. The highest BCUT2D eigenvalue weighted by molar-refractivity contribution is 5.90. The van der Waals surface area contributed by atoms with Crippen LogP contribution in [0.5, 0.6) is 0 Å². The monoisotopic (exact) mass is 443 g/mol. The van der Waals surface area contributed by atoms with Crippen molar-refractivity contribution < 1.29 is 14.3 Å². The minimum atomic E-state index is -0.402. The van der Waals surface area contributed by atoms with E-state index in [0.717, 1.165) is 58.8 Å². The van der Waals surface area contributed by atoms with Crippen LogP contribution in [0, 0.1) is 5.92 Å². The first-order chi connectivity index (χ1) is 15.7. The van der Waals surface area contributed by atoms with E-state index in [1.165, 1.54) is 5.56 Å². The van der Waals surface area contributed by atoms with Gasteiger partial charge in [-0.05, 0) is 24.8 Å². The summed E-state index contributed by atoms with van der Waals surface area (Å²) < 4.78 is 5.49. The van der Waals surface area contributed by atoms with Gasteiger partial charge in [0.1, 0.15) is 6.04 Å². The summed E-state index contributed by atoms with van der Waals surface area (Å²) in [5.41, 5.74) is 6.84. The van der Waals surface area contributed by atoms with Gasteiger partial charge >= 0.3 is 0 Å². The number of ether oxygens (including phenoxy) is 1. The Hall–Kier alpha value is -2.00. The number of nitrogens with zero attached hydrogens (tertiary/aromatic N) is 3. The molecule has 1 aliphatic carbocycles. The topological polar surface area (TPSA) is 91.1 Å². The highest BCUT2D eigenvalue weighted by Gasteiger charge is 2.45. The number of carbonyl (C=O) groups is 2. The summed E-state index contributed by atoms with van der Waals surface area (Å²) in [4.78, 5) is 32.7. The Labute approximate surface area is 191 Å². The number of benzene rings is 1. The molecule has 3 fully saturated rings. The Morgan fingerprint density at radius 3 is 2.59 bits per heavy atom. The first-order valence-corrected chi connectivity index (χ1v) is 12.0. The second-order valence-electron chi connectivity index (χ2n) is 9.16. The predicted molar refractivity (Wildman–Crippen MR) is 123 cm³/mol. The largest absolute Gasteiger partial charge is 0.379 e. The van der Waals surface area contributed by atoms with Gasteiger partial charge in [-0.25, -0.2) is 0 Å². The van der Waals surface area contributed by atoms with Crippen LogP contribution in [0.3, 0.4) is 0 Å². The lowest BCUT2D eigenvalue weighted by molar-refractivity contribution is -0.139. The van der Waals surface area contributed by atoms with E-state index >= 15 is 0 Å². The summed E-state index contributed by atoms with van der Waals surface area (Å²) >= 11 is 0. The van der Waals surface area contributed by atoms with Crippen molar-refractivity contribution >= 4 is 11.8 Å². The van der Waals surface area contributed by atoms with E-state index in [1.807, 2.05) is 11.0 Å². The molecular weight excluding hydrogens is 406 g/mol. The Bertz CT molecular complexity index is 751. The van der Waals surface area contributed by atoms with Crippen LogP contribution >= 0.6 is 0 Å². The second-order valence-corrected chi connectivity index (χ2v) is 9.16. The zero-order valence-electron chi connectivity index (χ0n) is 19.0. The van der Waals surface area contributed by atoms with Gasteiger partial charge in [0.2, 0.25) is 11.8 Å². The quantitative estimate of drug-likeness (QED) is 0.540. The molecule has 8 nitrogen and oxygen atoms in total. The number of hydrogen-bond donors (Lipinski definition) is 2. The average Bonchev–Trinajstić information content (AvgIpc) is 3.59. The van der Waals surface area contributed by atoms with Crippen molar-refractivity contribution in [1.82, 2.24) is 20.0 Å². The molecule has 0 spiro atoms. The van der Waals surface area contributed by atoms with Crippen LogP contribution in [-0.4, -0.2) is 97.6 Å². The normalized spacial score (nSPS) is 24.1. The first kappa shape index (κ1) is 23.2. The molecule has 2 saturated heterocycles. The molecule has 176 valence electrons. The van der Waals surface area contributed by atoms with Crippen LogP contribution in [0.25, 0.3) is 0 Å². The molecule has 8 heteroatoms. The van der Waals surface area contributed by atoms with Gasteiger partial charge < -0.3 is 20.7 Å². The van der Waals surface area contributed by atoms with Gasteiger partial charge in [0.25, 0.3) is 0 Å². The smallest absolute Gasteiger partial charge is 0.242 e. The van der Waals surface area contributed by atoms with Gasteiger partial charge in [-0.2, -0.15) is 0 Å². The van der Waals surface area contributed by atoms with Crippen molar-refractivity contribution in [2.24, 2.45) is 11.7 Å². The summed E-state index contributed by atoms with van der Waals surface area (Å²) in [7, 11) is 0. The van der Waals surface area contributed by atoms with E-state index in [4.69, 9.17) is 10.5 Å². The van der Waals surface area contributed by atoms with Crippen LogP contribution in [0.4, 0.5) is 0 Å². The summed E-state index contributed by atoms with van der Waals surface area (Å²) in [6.07, 6.45) is 2.56. The number of nitrogens with one attached hydrogen (secondary N) is 1. The summed E-state index contributed by atoms with van der Waals surface area (Å²) in [6, 6.07) is 10.2. The Morgan fingerprint density at radius 1 is 1.16 bits per heavy atom. The third kappa shape index (κ3) is 6.07. The molecule has 2 aliphatic heterocycles. The van der Waals surface area contributed by atoms with Gasteiger partial charge in [0.15, 0.2) is 0 Å². The van der Waals surface area contributed by atoms with Gasteiger partial charge in [0, 0.05) is 64.3 Å². The van der Waals surface area contributed by atoms with E-state index in [2.05, 4.69) is 39.4 Å². The highest BCUT2D eigenvalue weighted by Crippen LogP contribution is 2.35. The van der Waals surface area contributed by atoms with Crippen LogP contribution in [0.15, 0.2) is 30.3 Å². The summed E-state index contributed by atoms with van der Waals surface area (Å²) in [5, 5.41) is 2.91. The van der Waals surface area contributed by atoms with Crippen LogP contribution < -0.4 is 11.1 Å². The Balaban J connectivity index is 1.47. The molecule has 1 aromatic carbocycles. The maximum atomic E-state index is 13.0. The van der Waals surface area contributed by atoms with Gasteiger partial charge in [-0.15, -0.1) is 0 Å². The van der Waals surface area contributed by atoms with Crippen molar-refractivity contribution in [3.8, 4) is 0 Å². The fraction of sp³-hybridized carbons (Fsp3) is 0.667. The predicted octanol–water partition coefficient (Wildman–Crippen LogP) is 0.275. The van der Waals surface area contributed by atoms with Gasteiger partial charge in [-0.1, -0.05) is 30.3 Å². The SMILES string of the molecule is NCCNC(=O)C1CC(N(CCN2CCOCC2)Cc2ccccc2)CN1C(=O)C1CC1. The van der Waals surface area contributed by atoms with E-state index in [1.54, 1.807) is 0 Å². The number of amides is 2. The first-order valence-electron chi connectivity index (χ1n) is 12.0. The molecule has 2 amide bonds. The summed E-state index contributed by atoms with van der Waals surface area (Å²) in [5.74, 6) is 0.183. The Morgan fingerprint density at radius 2 is 1.91 bits per heavy atom. The fourth-order valence-corrected chi connectivity index (χ4v) is 4.75. The summed E-state index contributed by atoms with van der Waals surface area (Å²) in [6.45, 7) is 7.64. The van der Waals surface area contributed by atoms with Gasteiger partial charge in [-0.3, -0.25) is 19.4 Å². The zero-order chi connectivity index (χ0) is 22.3. The van der Waals surface area contributed by atoms with E-state index in [9.17, 15) is 9.59 Å². The average molecular weight is 444 g/mol. The third-order valence-corrected chi connectivity index (χ3v) is 6.79.